The van der Waals surface area contributed by atoms with Crippen LogP contribution in [0.5, 0.6) is 5.75 Å². The molecule has 1 N–H and O–H groups in total. The Morgan fingerprint density at radius 1 is 1.00 bits per heavy atom. The van der Waals surface area contributed by atoms with E-state index in [0.717, 1.165) is 0 Å². The van der Waals surface area contributed by atoms with Crippen molar-refractivity contribution in [1.82, 2.24) is 4.72 Å². The fourth-order valence-corrected chi connectivity index (χ4v) is 3.17. The zero-order chi connectivity index (χ0) is 20.4. The number of carbonyl (C=O) groups excluding carboxylic acids is 1. The molecule has 7 nitrogen and oxygen atoms in total. The largest absolute Gasteiger partial charge is 0.493 e. The highest BCUT2D eigenvalue weighted by Crippen LogP contribution is 2.13. The average molecular weight is 411 g/mol. The SMILES string of the molecule is COCCNS(=O)(=O)c1ccc(C(=O)OCCCOc2ccc(F)cc2)cc1. The van der Waals surface area contributed by atoms with Gasteiger partial charge in [-0.2, -0.15) is 0 Å². The van der Waals surface area contributed by atoms with Crippen LogP contribution >= 0.6 is 0 Å². The summed E-state index contributed by atoms with van der Waals surface area (Å²) in [5.74, 6) is -0.368. The van der Waals surface area contributed by atoms with Crippen LogP contribution in [0.25, 0.3) is 0 Å². The first-order valence-electron chi connectivity index (χ1n) is 8.56. The lowest BCUT2D eigenvalue weighted by atomic mass is 10.2. The number of hydrogen-bond acceptors (Lipinski definition) is 6. The first-order valence-corrected chi connectivity index (χ1v) is 10.0. The number of carbonyl (C=O) groups is 1. The second-order valence-corrected chi connectivity index (χ2v) is 7.47. The van der Waals surface area contributed by atoms with Gasteiger partial charge in [-0.1, -0.05) is 0 Å². The Kier molecular flexibility index (Phi) is 8.37. The Bertz CT molecular complexity index is 853. The van der Waals surface area contributed by atoms with Gasteiger partial charge in [0.1, 0.15) is 11.6 Å². The summed E-state index contributed by atoms with van der Waals surface area (Å²) in [5, 5.41) is 0. The van der Waals surface area contributed by atoms with E-state index in [1.807, 2.05) is 0 Å². The molecule has 152 valence electrons. The number of ether oxygens (including phenoxy) is 3. The molecule has 0 atom stereocenters. The van der Waals surface area contributed by atoms with Gasteiger partial charge in [0.2, 0.25) is 10.0 Å². The molecule has 0 aliphatic rings. The molecule has 2 aromatic rings. The Hall–Kier alpha value is -2.49. The van der Waals surface area contributed by atoms with Gasteiger partial charge >= 0.3 is 5.97 Å². The average Bonchev–Trinajstić information content (AvgIpc) is 2.69. The maximum Gasteiger partial charge on any atom is 0.338 e. The van der Waals surface area contributed by atoms with Crippen LogP contribution in [0, 0.1) is 5.82 Å². The van der Waals surface area contributed by atoms with Crippen molar-refractivity contribution in [2.24, 2.45) is 0 Å². The first-order chi connectivity index (χ1) is 13.4. The summed E-state index contributed by atoms with van der Waals surface area (Å²) in [6, 6.07) is 11.1. The lowest BCUT2D eigenvalue weighted by Crippen LogP contribution is -2.27. The standard InChI is InChI=1S/C19H22FNO6S/c1-25-14-11-21-28(23,24)18-9-3-15(4-10-18)19(22)27-13-2-12-26-17-7-5-16(20)6-8-17/h3-10,21H,2,11-14H2,1H3. The smallest absolute Gasteiger partial charge is 0.338 e. The van der Waals surface area contributed by atoms with Crippen molar-refractivity contribution in [3.05, 3.63) is 59.9 Å². The van der Waals surface area contributed by atoms with Gasteiger partial charge in [-0.3, -0.25) is 0 Å². The van der Waals surface area contributed by atoms with Gasteiger partial charge in [-0.05, 0) is 48.5 Å². The Morgan fingerprint density at radius 3 is 2.32 bits per heavy atom. The molecule has 2 rings (SSSR count). The Labute approximate surface area is 163 Å². The second kappa shape index (κ2) is 10.7. The zero-order valence-electron chi connectivity index (χ0n) is 15.4. The lowest BCUT2D eigenvalue weighted by Gasteiger charge is -2.08. The number of esters is 1. The number of halogens is 1. The van der Waals surface area contributed by atoms with Gasteiger partial charge in [0, 0.05) is 20.1 Å². The normalized spacial score (nSPS) is 11.2. The molecule has 0 aliphatic heterocycles. The minimum absolute atomic E-state index is 0.0489. The van der Waals surface area contributed by atoms with E-state index in [-0.39, 0.29) is 36.0 Å². The number of benzene rings is 2. The quantitative estimate of drug-likeness (QED) is 0.451. The van der Waals surface area contributed by atoms with Crippen LogP contribution in [0.4, 0.5) is 4.39 Å². The van der Waals surface area contributed by atoms with Gasteiger partial charge in [-0.25, -0.2) is 22.3 Å². The number of methoxy groups -OCH3 is 1. The van der Waals surface area contributed by atoms with Crippen molar-refractivity contribution in [3.8, 4) is 5.75 Å². The lowest BCUT2D eigenvalue weighted by molar-refractivity contribution is 0.0486. The molecular weight excluding hydrogens is 389 g/mol. The molecular formula is C19H22FNO6S. The Morgan fingerprint density at radius 2 is 1.68 bits per heavy atom. The Balaban J connectivity index is 1.75. The predicted octanol–water partition coefficient (Wildman–Crippen LogP) is 2.38. The molecule has 0 radical (unpaired) electrons. The zero-order valence-corrected chi connectivity index (χ0v) is 16.2. The van der Waals surface area contributed by atoms with Crippen molar-refractivity contribution in [1.29, 1.82) is 0 Å². The summed E-state index contributed by atoms with van der Waals surface area (Å²) in [6.45, 7) is 0.860. The number of hydrogen-bond donors (Lipinski definition) is 1. The van der Waals surface area contributed by atoms with Crippen LogP contribution in [0.1, 0.15) is 16.8 Å². The molecule has 9 heteroatoms. The summed E-state index contributed by atoms with van der Waals surface area (Å²) in [4.78, 5) is 12.0. The highest BCUT2D eigenvalue weighted by Gasteiger charge is 2.15. The highest BCUT2D eigenvalue weighted by molar-refractivity contribution is 7.89. The summed E-state index contributed by atoms with van der Waals surface area (Å²) in [7, 11) is -2.17. The van der Waals surface area contributed by atoms with E-state index in [1.165, 1.54) is 55.6 Å². The summed E-state index contributed by atoms with van der Waals surface area (Å²) in [6.07, 6.45) is 0.457. The summed E-state index contributed by atoms with van der Waals surface area (Å²) >= 11 is 0. The number of nitrogens with one attached hydrogen (secondary N) is 1. The van der Waals surface area contributed by atoms with Gasteiger partial charge in [0.05, 0.1) is 30.3 Å². The van der Waals surface area contributed by atoms with Crippen molar-refractivity contribution < 1.29 is 31.8 Å². The summed E-state index contributed by atoms with van der Waals surface area (Å²) in [5.41, 5.74) is 0.246. The van der Waals surface area contributed by atoms with Crippen LogP contribution in [-0.4, -0.2) is 47.9 Å². The van der Waals surface area contributed by atoms with Crippen molar-refractivity contribution in [2.75, 3.05) is 33.5 Å². The van der Waals surface area contributed by atoms with Gasteiger partial charge in [-0.15, -0.1) is 0 Å². The minimum Gasteiger partial charge on any atom is -0.493 e. The molecule has 0 unspecified atom stereocenters. The van der Waals surface area contributed by atoms with Crippen LogP contribution in [0.15, 0.2) is 53.4 Å². The second-order valence-electron chi connectivity index (χ2n) is 5.71. The number of sulfonamides is 1. The molecule has 0 saturated heterocycles. The fourth-order valence-electron chi connectivity index (χ4n) is 2.16. The predicted molar refractivity (Wildman–Crippen MR) is 100 cm³/mol. The molecule has 0 aromatic heterocycles. The molecule has 28 heavy (non-hydrogen) atoms. The van der Waals surface area contributed by atoms with Gasteiger partial charge < -0.3 is 14.2 Å². The van der Waals surface area contributed by atoms with Gasteiger partial charge in [0.25, 0.3) is 0 Å². The molecule has 0 bridgehead atoms. The summed E-state index contributed by atoms with van der Waals surface area (Å²) < 4.78 is 54.6. The van der Waals surface area contributed by atoms with Crippen molar-refractivity contribution in [2.45, 2.75) is 11.3 Å². The molecule has 0 saturated carbocycles. The fraction of sp³-hybridized carbons (Fsp3) is 0.316. The van der Waals surface area contributed by atoms with Crippen molar-refractivity contribution >= 4 is 16.0 Å². The third kappa shape index (κ3) is 6.91. The minimum atomic E-state index is -3.65. The van der Waals surface area contributed by atoms with Crippen LogP contribution < -0.4 is 9.46 Å². The third-order valence-electron chi connectivity index (χ3n) is 3.60. The molecule has 0 aliphatic carbocycles. The van der Waals surface area contributed by atoms with Gasteiger partial charge in [0.15, 0.2) is 0 Å². The topological polar surface area (TPSA) is 90.9 Å². The van der Waals surface area contributed by atoms with Crippen LogP contribution in [0.3, 0.4) is 0 Å². The van der Waals surface area contributed by atoms with E-state index in [0.29, 0.717) is 18.8 Å². The molecule has 0 spiro atoms. The van der Waals surface area contributed by atoms with E-state index in [2.05, 4.69) is 4.72 Å². The maximum atomic E-state index is 12.8. The van der Waals surface area contributed by atoms with Crippen LogP contribution in [-0.2, 0) is 19.5 Å². The monoisotopic (exact) mass is 411 g/mol. The van der Waals surface area contributed by atoms with Crippen LogP contribution in [0.2, 0.25) is 0 Å². The van der Waals surface area contributed by atoms with E-state index in [9.17, 15) is 17.6 Å². The molecule has 0 heterocycles. The van der Waals surface area contributed by atoms with Crippen molar-refractivity contribution in [3.63, 3.8) is 0 Å². The third-order valence-corrected chi connectivity index (χ3v) is 5.08. The van der Waals surface area contributed by atoms with E-state index >= 15 is 0 Å². The van der Waals surface area contributed by atoms with E-state index < -0.39 is 16.0 Å². The number of rotatable bonds is 11. The molecule has 0 fully saturated rings. The molecule has 2 aromatic carbocycles. The highest BCUT2D eigenvalue weighted by atomic mass is 32.2. The first kappa shape index (κ1) is 21.8. The maximum absolute atomic E-state index is 12.8. The van der Waals surface area contributed by atoms with E-state index in [1.54, 1.807) is 0 Å². The molecule has 0 amide bonds. The van der Waals surface area contributed by atoms with E-state index in [4.69, 9.17) is 14.2 Å².